The van der Waals surface area contributed by atoms with E-state index in [-0.39, 0.29) is 11.9 Å². The number of methoxy groups -OCH3 is 1. The molecule has 0 heterocycles. The highest BCUT2D eigenvalue weighted by Crippen LogP contribution is 2.30. The number of benzene rings is 2. The van der Waals surface area contributed by atoms with E-state index in [2.05, 4.69) is 19.2 Å². The Bertz CT molecular complexity index is 580. The van der Waals surface area contributed by atoms with Crippen LogP contribution in [0.25, 0.3) is 11.1 Å². The van der Waals surface area contributed by atoms with Crippen LogP contribution in [0, 0.1) is 5.82 Å². The normalized spacial score (nSPS) is 12.2. The van der Waals surface area contributed by atoms with E-state index >= 15 is 0 Å². The summed E-state index contributed by atoms with van der Waals surface area (Å²) in [4.78, 5) is 0. The molecule has 0 aromatic heterocycles. The maximum Gasteiger partial charge on any atom is 0.123 e. The second-order valence-corrected chi connectivity index (χ2v) is 5.14. The molecule has 1 unspecified atom stereocenters. The average molecular weight is 287 g/mol. The van der Waals surface area contributed by atoms with Crippen molar-refractivity contribution < 1.29 is 9.13 Å². The molecule has 2 aromatic rings. The van der Waals surface area contributed by atoms with Gasteiger partial charge in [-0.2, -0.15) is 0 Å². The SMILES string of the molecule is CCCNC(C)c1ccc(F)cc1-c1ccc(OC)cc1. The molecule has 1 N–H and O–H groups in total. The summed E-state index contributed by atoms with van der Waals surface area (Å²) in [7, 11) is 1.64. The summed E-state index contributed by atoms with van der Waals surface area (Å²) in [6.45, 7) is 5.19. The Morgan fingerprint density at radius 1 is 1.14 bits per heavy atom. The monoisotopic (exact) mass is 287 g/mol. The lowest BCUT2D eigenvalue weighted by atomic mass is 9.95. The molecule has 0 aliphatic carbocycles. The summed E-state index contributed by atoms with van der Waals surface area (Å²) in [6.07, 6.45) is 1.07. The third kappa shape index (κ3) is 3.82. The highest BCUT2D eigenvalue weighted by atomic mass is 19.1. The van der Waals surface area contributed by atoms with Crippen molar-refractivity contribution in [3.05, 3.63) is 53.8 Å². The Balaban J connectivity index is 2.38. The van der Waals surface area contributed by atoms with E-state index in [4.69, 9.17) is 4.74 Å². The molecule has 0 saturated heterocycles. The Morgan fingerprint density at radius 3 is 2.48 bits per heavy atom. The molecule has 2 rings (SSSR count). The Kier molecular flexibility index (Phi) is 5.34. The van der Waals surface area contributed by atoms with Crippen molar-refractivity contribution in [2.75, 3.05) is 13.7 Å². The Hall–Kier alpha value is -1.87. The zero-order valence-corrected chi connectivity index (χ0v) is 12.8. The number of nitrogens with one attached hydrogen (secondary N) is 1. The molecule has 21 heavy (non-hydrogen) atoms. The molecule has 2 nitrogen and oxygen atoms in total. The van der Waals surface area contributed by atoms with Crippen molar-refractivity contribution in [2.45, 2.75) is 26.3 Å². The van der Waals surface area contributed by atoms with Gasteiger partial charge in [-0.05, 0) is 60.8 Å². The summed E-state index contributed by atoms with van der Waals surface area (Å²) in [5, 5.41) is 3.45. The highest BCUT2D eigenvalue weighted by Gasteiger charge is 2.12. The number of ether oxygens (including phenoxy) is 1. The van der Waals surface area contributed by atoms with Gasteiger partial charge in [-0.25, -0.2) is 4.39 Å². The fourth-order valence-corrected chi connectivity index (χ4v) is 2.40. The molecular formula is C18H22FNO. The van der Waals surface area contributed by atoms with Crippen LogP contribution in [-0.2, 0) is 0 Å². The highest BCUT2D eigenvalue weighted by molar-refractivity contribution is 5.68. The predicted molar refractivity (Wildman–Crippen MR) is 85.1 cm³/mol. The minimum Gasteiger partial charge on any atom is -0.497 e. The van der Waals surface area contributed by atoms with E-state index in [0.29, 0.717) is 0 Å². The summed E-state index contributed by atoms with van der Waals surface area (Å²) in [5.74, 6) is 0.584. The fraction of sp³-hybridized carbons (Fsp3) is 0.333. The van der Waals surface area contributed by atoms with Crippen LogP contribution in [0.5, 0.6) is 5.75 Å². The fourth-order valence-electron chi connectivity index (χ4n) is 2.40. The lowest BCUT2D eigenvalue weighted by Gasteiger charge is -2.18. The van der Waals surface area contributed by atoms with Crippen LogP contribution in [0.1, 0.15) is 31.9 Å². The van der Waals surface area contributed by atoms with E-state index in [0.717, 1.165) is 35.4 Å². The van der Waals surface area contributed by atoms with Crippen molar-refractivity contribution in [3.8, 4) is 16.9 Å². The predicted octanol–water partition coefficient (Wildman–Crippen LogP) is 4.56. The van der Waals surface area contributed by atoms with Gasteiger partial charge in [0.15, 0.2) is 0 Å². The molecule has 3 heteroatoms. The molecule has 2 aromatic carbocycles. The minimum absolute atomic E-state index is 0.183. The summed E-state index contributed by atoms with van der Waals surface area (Å²) in [6, 6.07) is 12.9. The number of halogens is 1. The zero-order chi connectivity index (χ0) is 15.2. The van der Waals surface area contributed by atoms with Crippen LogP contribution >= 0.6 is 0 Å². The van der Waals surface area contributed by atoms with Crippen LogP contribution < -0.4 is 10.1 Å². The van der Waals surface area contributed by atoms with Crippen LogP contribution in [0.4, 0.5) is 4.39 Å². The molecule has 0 amide bonds. The zero-order valence-electron chi connectivity index (χ0n) is 12.8. The molecule has 0 spiro atoms. The van der Waals surface area contributed by atoms with Gasteiger partial charge in [-0.3, -0.25) is 0 Å². The Morgan fingerprint density at radius 2 is 1.86 bits per heavy atom. The van der Waals surface area contributed by atoms with Crippen molar-refractivity contribution in [1.82, 2.24) is 5.32 Å². The Labute approximate surface area is 126 Å². The molecule has 0 fully saturated rings. The van der Waals surface area contributed by atoms with E-state index in [1.54, 1.807) is 13.2 Å². The van der Waals surface area contributed by atoms with Crippen molar-refractivity contribution in [1.29, 1.82) is 0 Å². The molecule has 0 radical (unpaired) electrons. The van der Waals surface area contributed by atoms with E-state index < -0.39 is 0 Å². The van der Waals surface area contributed by atoms with Crippen molar-refractivity contribution >= 4 is 0 Å². The molecule has 1 atom stereocenters. The maximum atomic E-state index is 13.6. The molecule has 0 aliphatic rings. The second-order valence-electron chi connectivity index (χ2n) is 5.14. The summed E-state index contributed by atoms with van der Waals surface area (Å²) < 4.78 is 18.8. The maximum absolute atomic E-state index is 13.6. The van der Waals surface area contributed by atoms with E-state index in [1.165, 1.54) is 6.07 Å². The van der Waals surface area contributed by atoms with Gasteiger partial charge in [0.25, 0.3) is 0 Å². The number of hydrogen-bond donors (Lipinski definition) is 1. The minimum atomic E-state index is -0.216. The van der Waals surface area contributed by atoms with Crippen molar-refractivity contribution in [2.24, 2.45) is 0 Å². The van der Waals surface area contributed by atoms with Gasteiger partial charge in [-0.1, -0.05) is 25.1 Å². The summed E-state index contributed by atoms with van der Waals surface area (Å²) >= 11 is 0. The molecular weight excluding hydrogens is 265 g/mol. The quantitative estimate of drug-likeness (QED) is 0.840. The topological polar surface area (TPSA) is 21.3 Å². The molecule has 112 valence electrons. The number of hydrogen-bond acceptors (Lipinski definition) is 2. The smallest absolute Gasteiger partial charge is 0.123 e. The first-order chi connectivity index (χ1) is 10.2. The molecule has 0 saturated carbocycles. The lowest BCUT2D eigenvalue weighted by Crippen LogP contribution is -2.20. The lowest BCUT2D eigenvalue weighted by molar-refractivity contribution is 0.415. The van der Waals surface area contributed by atoms with Gasteiger partial charge >= 0.3 is 0 Å². The van der Waals surface area contributed by atoms with Gasteiger partial charge in [-0.15, -0.1) is 0 Å². The third-order valence-electron chi connectivity index (χ3n) is 3.58. The van der Waals surface area contributed by atoms with Crippen LogP contribution in [-0.4, -0.2) is 13.7 Å². The first-order valence-electron chi connectivity index (χ1n) is 7.33. The van der Waals surface area contributed by atoms with Crippen LogP contribution in [0.2, 0.25) is 0 Å². The second kappa shape index (κ2) is 7.23. The van der Waals surface area contributed by atoms with Gasteiger partial charge in [0.05, 0.1) is 7.11 Å². The first-order valence-corrected chi connectivity index (χ1v) is 7.33. The molecule has 0 aliphatic heterocycles. The van der Waals surface area contributed by atoms with E-state index in [1.807, 2.05) is 30.3 Å². The molecule has 0 bridgehead atoms. The number of rotatable bonds is 6. The van der Waals surface area contributed by atoms with Gasteiger partial charge in [0, 0.05) is 6.04 Å². The summed E-state index contributed by atoms with van der Waals surface area (Å²) in [5.41, 5.74) is 3.03. The van der Waals surface area contributed by atoms with Gasteiger partial charge in [0.1, 0.15) is 11.6 Å². The third-order valence-corrected chi connectivity index (χ3v) is 3.58. The van der Waals surface area contributed by atoms with E-state index in [9.17, 15) is 4.39 Å². The first kappa shape index (κ1) is 15.5. The van der Waals surface area contributed by atoms with Gasteiger partial charge in [0.2, 0.25) is 0 Å². The van der Waals surface area contributed by atoms with Crippen LogP contribution in [0.3, 0.4) is 0 Å². The standard InChI is InChI=1S/C18H22FNO/c1-4-11-20-13(2)17-10-7-15(19)12-18(17)14-5-8-16(21-3)9-6-14/h5-10,12-13,20H,4,11H2,1-3H3. The largest absolute Gasteiger partial charge is 0.497 e. The van der Waals surface area contributed by atoms with Gasteiger partial charge < -0.3 is 10.1 Å². The average Bonchev–Trinajstić information content (AvgIpc) is 2.52. The van der Waals surface area contributed by atoms with Crippen LogP contribution in [0.15, 0.2) is 42.5 Å². The van der Waals surface area contributed by atoms with Crippen molar-refractivity contribution in [3.63, 3.8) is 0 Å².